The highest BCUT2D eigenvalue weighted by molar-refractivity contribution is 7.22. The van der Waals surface area contributed by atoms with Crippen molar-refractivity contribution in [3.05, 3.63) is 48.3 Å². The highest BCUT2D eigenvalue weighted by Gasteiger charge is 2.48. The van der Waals surface area contributed by atoms with Crippen LogP contribution >= 0.6 is 11.3 Å². The fraction of sp³-hybridized carbons (Fsp3) is 0.250. The molecule has 4 rings (SSSR count). The first-order valence-electron chi connectivity index (χ1n) is 8.75. The highest BCUT2D eigenvalue weighted by atomic mass is 32.1. The summed E-state index contributed by atoms with van der Waals surface area (Å²) in [5.74, 6) is -0.870. The Morgan fingerprint density at radius 1 is 1.32 bits per heavy atom. The second-order valence-corrected chi connectivity index (χ2v) is 7.54. The van der Waals surface area contributed by atoms with Crippen LogP contribution in [-0.2, 0) is 14.3 Å². The second kappa shape index (κ2) is 6.87. The lowest BCUT2D eigenvalue weighted by Crippen LogP contribution is -2.53. The Bertz CT molecular complexity index is 1080. The van der Waals surface area contributed by atoms with E-state index in [0.717, 1.165) is 0 Å². The third kappa shape index (κ3) is 3.09. The molecule has 1 aromatic heterocycles. The monoisotopic (exact) mass is 400 g/mol. The van der Waals surface area contributed by atoms with Crippen LogP contribution in [0.1, 0.15) is 20.3 Å². The van der Waals surface area contributed by atoms with Gasteiger partial charge in [-0.15, -0.1) is 0 Å². The van der Waals surface area contributed by atoms with Gasteiger partial charge in [0.05, 0.1) is 28.9 Å². The molecule has 1 atom stereocenters. The number of aromatic nitrogens is 1. The number of carbonyl (C=O) groups excluding carboxylic acids is 2. The first-order valence-corrected chi connectivity index (χ1v) is 9.57. The van der Waals surface area contributed by atoms with E-state index in [1.807, 2.05) is 0 Å². The van der Waals surface area contributed by atoms with E-state index in [1.54, 1.807) is 44.2 Å². The third-order valence-electron chi connectivity index (χ3n) is 4.41. The van der Waals surface area contributed by atoms with E-state index in [9.17, 15) is 14.0 Å². The number of hydrogen-bond donors (Lipinski definition) is 0. The van der Waals surface area contributed by atoms with Gasteiger partial charge in [0.1, 0.15) is 11.6 Å². The quantitative estimate of drug-likeness (QED) is 0.614. The lowest BCUT2D eigenvalue weighted by molar-refractivity contribution is -0.152. The molecule has 0 saturated heterocycles. The van der Waals surface area contributed by atoms with Crippen LogP contribution < -0.4 is 9.64 Å². The summed E-state index contributed by atoms with van der Waals surface area (Å²) in [4.78, 5) is 31.4. The molecule has 1 amide bonds. The van der Waals surface area contributed by atoms with Gasteiger partial charge in [-0.2, -0.15) is 0 Å². The molecule has 1 aliphatic rings. The number of esters is 1. The number of rotatable bonds is 4. The largest absolute Gasteiger partial charge is 0.475 e. The summed E-state index contributed by atoms with van der Waals surface area (Å²) >= 11 is 1.20. The van der Waals surface area contributed by atoms with Crippen LogP contribution in [0.25, 0.3) is 10.2 Å². The van der Waals surface area contributed by atoms with Gasteiger partial charge in [0, 0.05) is 0 Å². The fourth-order valence-corrected chi connectivity index (χ4v) is 4.13. The zero-order valence-corrected chi connectivity index (χ0v) is 16.1. The third-order valence-corrected chi connectivity index (χ3v) is 5.42. The van der Waals surface area contributed by atoms with Gasteiger partial charge in [-0.25, -0.2) is 14.3 Å². The molecule has 2 heterocycles. The van der Waals surface area contributed by atoms with Gasteiger partial charge in [-0.1, -0.05) is 23.5 Å². The number of amides is 1. The molecule has 0 aliphatic carbocycles. The first-order chi connectivity index (χ1) is 13.4. The van der Waals surface area contributed by atoms with Crippen molar-refractivity contribution in [3.8, 4) is 5.75 Å². The molecule has 1 aliphatic heterocycles. The van der Waals surface area contributed by atoms with E-state index in [0.29, 0.717) is 26.8 Å². The molecular formula is C20H17FN2O4S. The van der Waals surface area contributed by atoms with Crippen molar-refractivity contribution in [1.29, 1.82) is 0 Å². The van der Waals surface area contributed by atoms with Gasteiger partial charge in [-0.05, 0) is 44.2 Å². The van der Waals surface area contributed by atoms with E-state index >= 15 is 0 Å². The first kappa shape index (κ1) is 18.4. The highest BCUT2D eigenvalue weighted by Crippen LogP contribution is 2.44. The van der Waals surface area contributed by atoms with Crippen molar-refractivity contribution < 1.29 is 23.5 Å². The van der Waals surface area contributed by atoms with Crippen molar-refractivity contribution in [3.63, 3.8) is 0 Å². The van der Waals surface area contributed by atoms with Crippen molar-refractivity contribution in [2.24, 2.45) is 0 Å². The van der Waals surface area contributed by atoms with Gasteiger partial charge in [-0.3, -0.25) is 9.59 Å². The fourth-order valence-electron chi connectivity index (χ4n) is 3.13. The number of hydrogen-bond acceptors (Lipinski definition) is 6. The predicted molar refractivity (Wildman–Crippen MR) is 103 cm³/mol. The lowest BCUT2D eigenvalue weighted by atomic mass is 9.97. The molecule has 0 spiro atoms. The van der Waals surface area contributed by atoms with E-state index in [4.69, 9.17) is 9.47 Å². The Labute approximate surface area is 164 Å². The van der Waals surface area contributed by atoms with Gasteiger partial charge in [0.15, 0.2) is 10.7 Å². The molecule has 0 N–H and O–H groups in total. The Hall–Kier alpha value is -3.00. The number of carbonyl (C=O) groups is 2. The molecule has 0 bridgehead atoms. The summed E-state index contributed by atoms with van der Waals surface area (Å²) in [6.45, 7) is 3.47. The molecule has 144 valence electrons. The summed E-state index contributed by atoms with van der Waals surface area (Å²) in [5, 5.41) is 0.386. The summed E-state index contributed by atoms with van der Waals surface area (Å²) in [5.41, 5.74) is -0.331. The SMILES string of the molecule is CCOC(=O)CC1(C)Oc2ccccc2N(c2nc3ccc(F)cc3s2)C1=O. The number of para-hydroxylation sites is 2. The number of benzene rings is 2. The average Bonchev–Trinajstić information content (AvgIpc) is 3.05. The molecule has 6 nitrogen and oxygen atoms in total. The molecule has 1 unspecified atom stereocenters. The minimum Gasteiger partial charge on any atom is -0.475 e. The van der Waals surface area contributed by atoms with E-state index in [1.165, 1.54) is 28.4 Å². The lowest BCUT2D eigenvalue weighted by Gasteiger charge is -2.39. The number of thiazole rings is 1. The number of ether oxygens (including phenoxy) is 2. The number of anilines is 2. The van der Waals surface area contributed by atoms with E-state index in [-0.39, 0.29) is 18.8 Å². The zero-order valence-electron chi connectivity index (χ0n) is 15.3. The molecule has 0 fully saturated rings. The molecule has 3 aromatic rings. The molecule has 2 aromatic carbocycles. The standard InChI is InChI=1S/C20H17FN2O4S/c1-3-26-17(24)11-20(2)18(25)23(14-6-4-5-7-15(14)27-20)19-22-13-9-8-12(21)10-16(13)28-19/h4-10H,3,11H2,1-2H3. The average molecular weight is 400 g/mol. The van der Waals surface area contributed by atoms with Crippen LogP contribution in [0.5, 0.6) is 5.75 Å². The molecule has 8 heteroatoms. The molecular weight excluding hydrogens is 383 g/mol. The van der Waals surface area contributed by atoms with Crippen molar-refractivity contribution >= 4 is 44.2 Å². The zero-order chi connectivity index (χ0) is 19.9. The summed E-state index contributed by atoms with van der Waals surface area (Å²) < 4.78 is 25.1. The second-order valence-electron chi connectivity index (χ2n) is 6.53. The molecule has 0 radical (unpaired) electrons. The van der Waals surface area contributed by atoms with E-state index < -0.39 is 17.5 Å². The van der Waals surface area contributed by atoms with Crippen LogP contribution in [0.3, 0.4) is 0 Å². The maximum atomic E-state index is 13.6. The predicted octanol–water partition coefficient (Wildman–Crippen LogP) is 4.20. The number of halogens is 1. The van der Waals surface area contributed by atoms with Gasteiger partial charge in [0.25, 0.3) is 5.91 Å². The maximum absolute atomic E-state index is 13.6. The van der Waals surface area contributed by atoms with Gasteiger partial charge >= 0.3 is 5.97 Å². The minimum atomic E-state index is -1.44. The molecule has 0 saturated carbocycles. The Morgan fingerprint density at radius 3 is 2.89 bits per heavy atom. The van der Waals surface area contributed by atoms with Crippen molar-refractivity contribution in [2.75, 3.05) is 11.5 Å². The van der Waals surface area contributed by atoms with E-state index in [2.05, 4.69) is 4.98 Å². The Morgan fingerprint density at radius 2 is 2.11 bits per heavy atom. The minimum absolute atomic E-state index is 0.215. The van der Waals surface area contributed by atoms with Crippen LogP contribution in [0.4, 0.5) is 15.2 Å². The van der Waals surface area contributed by atoms with Crippen molar-refractivity contribution in [1.82, 2.24) is 4.98 Å². The van der Waals surface area contributed by atoms with Crippen LogP contribution in [0.2, 0.25) is 0 Å². The smallest absolute Gasteiger partial charge is 0.310 e. The normalized spacial score (nSPS) is 18.7. The van der Waals surface area contributed by atoms with Gasteiger partial charge < -0.3 is 9.47 Å². The Balaban J connectivity index is 1.81. The summed E-state index contributed by atoms with van der Waals surface area (Å²) in [6, 6.07) is 11.3. The Kier molecular flexibility index (Phi) is 4.50. The van der Waals surface area contributed by atoms with Gasteiger partial charge in [0.2, 0.25) is 0 Å². The number of nitrogens with zero attached hydrogens (tertiary/aromatic N) is 2. The topological polar surface area (TPSA) is 68.7 Å². The van der Waals surface area contributed by atoms with Crippen molar-refractivity contribution in [2.45, 2.75) is 25.9 Å². The summed E-state index contributed by atoms with van der Waals surface area (Å²) in [7, 11) is 0. The van der Waals surface area contributed by atoms with Crippen LogP contribution in [-0.4, -0.2) is 29.1 Å². The van der Waals surface area contributed by atoms with Crippen LogP contribution in [0, 0.1) is 5.82 Å². The number of fused-ring (bicyclic) bond motifs is 2. The summed E-state index contributed by atoms with van der Waals surface area (Å²) in [6.07, 6.45) is -0.232. The van der Waals surface area contributed by atoms with Crippen LogP contribution in [0.15, 0.2) is 42.5 Å². The molecule has 28 heavy (non-hydrogen) atoms. The maximum Gasteiger partial charge on any atom is 0.310 e.